The van der Waals surface area contributed by atoms with Crippen LogP contribution in [0, 0.1) is 0 Å². The van der Waals surface area contributed by atoms with Gasteiger partial charge < -0.3 is 10.6 Å². The average molecular weight is 207 g/mol. The van der Waals surface area contributed by atoms with Crippen LogP contribution < -0.4 is 10.6 Å². The van der Waals surface area contributed by atoms with Gasteiger partial charge in [0, 0.05) is 24.8 Å². The van der Waals surface area contributed by atoms with Gasteiger partial charge in [0.05, 0.1) is 11.9 Å². The number of aromatic nitrogens is 1. The highest BCUT2D eigenvalue weighted by atomic mass is 32.1. The van der Waals surface area contributed by atoms with Gasteiger partial charge in [-0.05, 0) is 18.9 Å². The molecule has 0 bridgehead atoms. The number of rotatable bonds is 3. The summed E-state index contributed by atoms with van der Waals surface area (Å²) in [5.41, 5.74) is 7.61. The van der Waals surface area contributed by atoms with E-state index in [0.717, 1.165) is 11.3 Å². The van der Waals surface area contributed by atoms with Crippen LogP contribution in [0.2, 0.25) is 0 Å². The predicted molar refractivity (Wildman–Crippen MR) is 61.5 cm³/mol. The first kappa shape index (κ1) is 9.40. The molecule has 74 valence electrons. The summed E-state index contributed by atoms with van der Waals surface area (Å²) in [4.78, 5) is 6.75. The number of thiocarbonyl (C=S) groups is 1. The number of anilines is 1. The molecule has 0 atom stereocenters. The highest BCUT2D eigenvalue weighted by Gasteiger charge is 2.27. The Morgan fingerprint density at radius 2 is 2.36 bits per heavy atom. The van der Waals surface area contributed by atoms with Crippen molar-refractivity contribution in [1.82, 2.24) is 4.98 Å². The Hall–Kier alpha value is -1.16. The SMILES string of the molecule is CN(c1cnccc1C(N)=S)C1CC1. The van der Waals surface area contributed by atoms with Crippen LogP contribution >= 0.6 is 12.2 Å². The van der Waals surface area contributed by atoms with Gasteiger partial charge in [0.15, 0.2) is 0 Å². The third kappa shape index (κ3) is 1.70. The van der Waals surface area contributed by atoms with E-state index >= 15 is 0 Å². The molecule has 2 rings (SSSR count). The first-order chi connectivity index (χ1) is 6.70. The van der Waals surface area contributed by atoms with Gasteiger partial charge in [0.25, 0.3) is 0 Å². The highest BCUT2D eigenvalue weighted by molar-refractivity contribution is 7.80. The molecule has 1 aliphatic rings. The fourth-order valence-electron chi connectivity index (χ4n) is 1.53. The van der Waals surface area contributed by atoms with Crippen LogP contribution in [0.4, 0.5) is 5.69 Å². The maximum absolute atomic E-state index is 5.65. The molecule has 1 aliphatic carbocycles. The summed E-state index contributed by atoms with van der Waals surface area (Å²) in [6, 6.07) is 2.52. The molecule has 14 heavy (non-hydrogen) atoms. The summed E-state index contributed by atoms with van der Waals surface area (Å²) in [7, 11) is 2.07. The Morgan fingerprint density at radius 3 is 2.93 bits per heavy atom. The lowest BCUT2D eigenvalue weighted by atomic mass is 10.2. The molecule has 1 heterocycles. The Labute approximate surface area is 88.9 Å². The van der Waals surface area contributed by atoms with Gasteiger partial charge in [-0.25, -0.2) is 0 Å². The van der Waals surface area contributed by atoms with Gasteiger partial charge in [-0.2, -0.15) is 0 Å². The number of hydrogen-bond acceptors (Lipinski definition) is 3. The zero-order valence-corrected chi connectivity index (χ0v) is 8.92. The molecular weight excluding hydrogens is 194 g/mol. The molecule has 0 spiro atoms. The lowest BCUT2D eigenvalue weighted by Gasteiger charge is -2.20. The lowest BCUT2D eigenvalue weighted by molar-refractivity contribution is 0.910. The smallest absolute Gasteiger partial charge is 0.106 e. The van der Waals surface area contributed by atoms with Crippen molar-refractivity contribution in [2.75, 3.05) is 11.9 Å². The normalized spacial score (nSPS) is 15.2. The molecule has 4 heteroatoms. The van der Waals surface area contributed by atoms with Crippen LogP contribution in [0.25, 0.3) is 0 Å². The first-order valence-corrected chi connectivity index (χ1v) is 5.07. The number of hydrogen-bond donors (Lipinski definition) is 1. The monoisotopic (exact) mass is 207 g/mol. The third-order valence-electron chi connectivity index (χ3n) is 2.54. The largest absolute Gasteiger partial charge is 0.389 e. The fourth-order valence-corrected chi connectivity index (χ4v) is 1.71. The highest BCUT2D eigenvalue weighted by Crippen LogP contribution is 2.31. The average Bonchev–Trinajstić information content (AvgIpc) is 3.00. The second kappa shape index (κ2) is 3.53. The van der Waals surface area contributed by atoms with Crippen molar-refractivity contribution >= 4 is 22.9 Å². The van der Waals surface area contributed by atoms with Crippen LogP contribution in [0.3, 0.4) is 0 Å². The standard InChI is InChI=1S/C10H13N3S/c1-13(7-2-3-7)9-6-12-5-4-8(9)10(11)14/h4-7H,2-3H2,1H3,(H2,11,14). The number of nitrogens with zero attached hydrogens (tertiary/aromatic N) is 2. The van der Waals surface area contributed by atoms with Gasteiger partial charge in [0.1, 0.15) is 4.99 Å². The molecule has 0 aliphatic heterocycles. The molecule has 0 radical (unpaired) electrons. The van der Waals surface area contributed by atoms with Gasteiger partial charge in [-0.15, -0.1) is 0 Å². The maximum atomic E-state index is 5.65. The summed E-state index contributed by atoms with van der Waals surface area (Å²) in [5, 5.41) is 0. The summed E-state index contributed by atoms with van der Waals surface area (Å²) < 4.78 is 0. The molecule has 0 unspecified atom stereocenters. The second-order valence-electron chi connectivity index (χ2n) is 3.60. The Bertz CT molecular complexity index is 360. The van der Waals surface area contributed by atoms with Crippen LogP contribution in [0.5, 0.6) is 0 Å². The van der Waals surface area contributed by atoms with Gasteiger partial charge >= 0.3 is 0 Å². The van der Waals surface area contributed by atoms with E-state index in [2.05, 4.69) is 16.9 Å². The van der Waals surface area contributed by atoms with Crippen molar-refractivity contribution < 1.29 is 0 Å². The van der Waals surface area contributed by atoms with Gasteiger partial charge in [0.2, 0.25) is 0 Å². The van der Waals surface area contributed by atoms with Crippen LogP contribution in [-0.2, 0) is 0 Å². The molecule has 0 saturated heterocycles. The Morgan fingerprint density at radius 1 is 1.64 bits per heavy atom. The van der Waals surface area contributed by atoms with E-state index < -0.39 is 0 Å². The predicted octanol–water partition coefficient (Wildman–Crippen LogP) is 1.31. The first-order valence-electron chi connectivity index (χ1n) is 4.67. The van der Waals surface area contributed by atoms with Crippen molar-refractivity contribution in [2.45, 2.75) is 18.9 Å². The summed E-state index contributed by atoms with van der Waals surface area (Å²) in [6.07, 6.45) is 6.05. The zero-order chi connectivity index (χ0) is 10.1. The minimum atomic E-state index is 0.440. The topological polar surface area (TPSA) is 42.2 Å². The third-order valence-corrected chi connectivity index (χ3v) is 2.76. The number of pyridine rings is 1. The van der Waals surface area contributed by atoms with Gasteiger partial charge in [-0.3, -0.25) is 4.98 Å². The number of nitrogens with two attached hydrogens (primary N) is 1. The van der Waals surface area contributed by atoms with Crippen LogP contribution in [-0.4, -0.2) is 23.1 Å². The lowest BCUT2D eigenvalue weighted by Crippen LogP contribution is -2.23. The quantitative estimate of drug-likeness (QED) is 0.759. The van der Waals surface area contributed by atoms with Crippen LogP contribution in [0.1, 0.15) is 18.4 Å². The molecular formula is C10H13N3S. The van der Waals surface area contributed by atoms with Crippen molar-refractivity contribution in [1.29, 1.82) is 0 Å². The van der Waals surface area contributed by atoms with Crippen molar-refractivity contribution in [2.24, 2.45) is 5.73 Å². The molecule has 1 aromatic rings. The van der Waals surface area contributed by atoms with E-state index in [-0.39, 0.29) is 0 Å². The van der Waals surface area contributed by atoms with E-state index in [1.54, 1.807) is 6.20 Å². The fraction of sp³-hybridized carbons (Fsp3) is 0.400. The minimum Gasteiger partial charge on any atom is -0.389 e. The zero-order valence-electron chi connectivity index (χ0n) is 8.10. The molecule has 2 N–H and O–H groups in total. The summed E-state index contributed by atoms with van der Waals surface area (Å²) in [5.74, 6) is 0. The molecule has 1 fully saturated rings. The minimum absolute atomic E-state index is 0.440. The molecule has 0 aromatic carbocycles. The molecule has 1 saturated carbocycles. The maximum Gasteiger partial charge on any atom is 0.106 e. The Kier molecular flexibility index (Phi) is 2.37. The second-order valence-corrected chi connectivity index (χ2v) is 4.04. The van der Waals surface area contributed by atoms with Crippen molar-refractivity contribution in [3.8, 4) is 0 Å². The van der Waals surface area contributed by atoms with Crippen molar-refractivity contribution in [3.63, 3.8) is 0 Å². The molecule has 3 nitrogen and oxygen atoms in total. The van der Waals surface area contributed by atoms with E-state index in [9.17, 15) is 0 Å². The van der Waals surface area contributed by atoms with E-state index in [4.69, 9.17) is 18.0 Å². The van der Waals surface area contributed by atoms with Crippen molar-refractivity contribution in [3.05, 3.63) is 24.0 Å². The van der Waals surface area contributed by atoms with Gasteiger partial charge in [-0.1, -0.05) is 12.2 Å². The molecule has 1 aromatic heterocycles. The summed E-state index contributed by atoms with van der Waals surface area (Å²) >= 11 is 5.00. The summed E-state index contributed by atoms with van der Waals surface area (Å²) in [6.45, 7) is 0. The van der Waals surface area contributed by atoms with E-state index in [0.29, 0.717) is 11.0 Å². The van der Waals surface area contributed by atoms with Crippen LogP contribution in [0.15, 0.2) is 18.5 Å². The van der Waals surface area contributed by atoms with E-state index in [1.165, 1.54) is 12.8 Å². The molecule has 0 amide bonds. The Balaban J connectivity index is 2.34. The van der Waals surface area contributed by atoms with E-state index in [1.807, 2.05) is 12.3 Å².